The SMILES string of the molecule is CCCC(=[C]=[Ru]([Cl])[Cl])[Si](C)(C)C. The standard InChI is InChI=1S/C8H16Si.2ClH.Ru/c1-6-7-8(2)9(3,4)5;;;/h6-7H2,1,3-5H3;2*1H;/q;;;+2/p-2. The molecular formula is C8H16Cl2RuSi. The molecule has 0 heterocycles. The molecule has 0 radical (unpaired) electrons. The van der Waals surface area contributed by atoms with Gasteiger partial charge in [0.2, 0.25) is 0 Å². The van der Waals surface area contributed by atoms with Crippen LogP contribution in [0.4, 0.5) is 0 Å². The van der Waals surface area contributed by atoms with Crippen molar-refractivity contribution < 1.29 is 13.5 Å². The van der Waals surface area contributed by atoms with Crippen LogP contribution in [0.15, 0.2) is 5.20 Å². The minimum absolute atomic E-state index is 1.12. The zero-order valence-electron chi connectivity index (χ0n) is 8.02. The Labute approximate surface area is 89.5 Å². The van der Waals surface area contributed by atoms with Crippen LogP contribution in [-0.4, -0.2) is 12.3 Å². The maximum atomic E-state index is 5.81. The molecule has 0 aliphatic rings. The summed E-state index contributed by atoms with van der Waals surface area (Å²) in [4.78, 5) is 0. The predicted molar refractivity (Wildman–Crippen MR) is 58.5 cm³/mol. The molecule has 0 spiro atoms. The average Bonchev–Trinajstić information content (AvgIpc) is 1.83. The van der Waals surface area contributed by atoms with E-state index in [-0.39, 0.29) is 0 Å². The molecule has 0 aromatic carbocycles. The Morgan fingerprint density at radius 1 is 1.33 bits per heavy atom. The van der Waals surface area contributed by atoms with Crippen molar-refractivity contribution >= 4 is 31.7 Å². The molecule has 0 saturated carbocycles. The summed E-state index contributed by atoms with van der Waals surface area (Å²) >= 11 is -1.71. The second kappa shape index (κ2) is 5.73. The molecule has 74 valence electrons. The van der Waals surface area contributed by atoms with Gasteiger partial charge < -0.3 is 0 Å². The molecular weight excluding hydrogens is 296 g/mol. The van der Waals surface area contributed by atoms with Gasteiger partial charge in [0, 0.05) is 0 Å². The molecule has 0 atom stereocenters. The van der Waals surface area contributed by atoms with Gasteiger partial charge in [0.25, 0.3) is 0 Å². The summed E-state index contributed by atoms with van der Waals surface area (Å²) in [7, 11) is 10.4. The first-order valence-electron chi connectivity index (χ1n) is 4.00. The number of rotatable bonds is 3. The van der Waals surface area contributed by atoms with Crippen molar-refractivity contribution in [3.05, 3.63) is 5.20 Å². The van der Waals surface area contributed by atoms with Gasteiger partial charge in [0.15, 0.2) is 0 Å². The second-order valence-corrected chi connectivity index (χ2v) is 14.2. The summed E-state index contributed by atoms with van der Waals surface area (Å²) in [5.74, 6) is 0. The van der Waals surface area contributed by atoms with Gasteiger partial charge in [-0.3, -0.25) is 0 Å². The topological polar surface area (TPSA) is 0 Å². The van der Waals surface area contributed by atoms with Gasteiger partial charge in [-0.05, 0) is 0 Å². The Morgan fingerprint density at radius 2 is 1.83 bits per heavy atom. The first-order chi connectivity index (χ1) is 5.38. The van der Waals surface area contributed by atoms with Crippen LogP contribution in [0.25, 0.3) is 0 Å². The third-order valence-corrected chi connectivity index (χ3v) is 5.81. The first kappa shape index (κ1) is 13.1. The van der Waals surface area contributed by atoms with Gasteiger partial charge in [0.1, 0.15) is 0 Å². The van der Waals surface area contributed by atoms with Crippen LogP contribution in [0.3, 0.4) is 0 Å². The molecule has 4 heteroatoms. The molecule has 0 aromatic heterocycles. The van der Waals surface area contributed by atoms with Gasteiger partial charge in [-0.2, -0.15) is 0 Å². The van der Waals surface area contributed by atoms with E-state index >= 15 is 0 Å². The first-order valence-corrected chi connectivity index (χ1v) is 12.8. The van der Waals surface area contributed by atoms with Crippen molar-refractivity contribution in [2.75, 3.05) is 0 Å². The molecule has 0 rings (SSSR count). The fraction of sp³-hybridized carbons (Fsp3) is 0.750. The van der Waals surface area contributed by atoms with Crippen molar-refractivity contribution in [1.82, 2.24) is 0 Å². The number of hydrogen-bond acceptors (Lipinski definition) is 0. The second-order valence-electron chi connectivity index (χ2n) is 3.75. The number of hydrogen-bond donors (Lipinski definition) is 0. The Hall–Kier alpha value is 1.07. The summed E-state index contributed by atoms with van der Waals surface area (Å²) in [6.07, 6.45) is 2.29. The van der Waals surface area contributed by atoms with Gasteiger partial charge in [-0.15, -0.1) is 0 Å². The fourth-order valence-corrected chi connectivity index (χ4v) is 6.86. The van der Waals surface area contributed by atoms with E-state index in [1.807, 2.05) is 0 Å². The molecule has 0 fully saturated rings. The van der Waals surface area contributed by atoms with Crippen molar-refractivity contribution in [3.8, 4) is 0 Å². The molecule has 0 aromatic rings. The van der Waals surface area contributed by atoms with Gasteiger partial charge >= 0.3 is 89.8 Å². The zero-order valence-corrected chi connectivity index (χ0v) is 12.3. The molecule has 0 nitrogen and oxygen atoms in total. The minimum atomic E-state index is -1.71. The van der Waals surface area contributed by atoms with Crippen LogP contribution in [0.5, 0.6) is 0 Å². The van der Waals surface area contributed by atoms with Crippen molar-refractivity contribution in [2.24, 2.45) is 0 Å². The van der Waals surface area contributed by atoms with Crippen LogP contribution in [0, 0.1) is 0 Å². The Morgan fingerprint density at radius 3 is 2.08 bits per heavy atom. The van der Waals surface area contributed by atoms with Crippen LogP contribution in [0.1, 0.15) is 19.8 Å². The van der Waals surface area contributed by atoms with Gasteiger partial charge in [0.05, 0.1) is 0 Å². The van der Waals surface area contributed by atoms with E-state index < -0.39 is 21.6 Å². The summed E-state index contributed by atoms with van der Waals surface area (Å²) in [6, 6.07) is 0. The molecule has 0 amide bonds. The van der Waals surface area contributed by atoms with E-state index in [0.717, 1.165) is 6.42 Å². The van der Waals surface area contributed by atoms with Crippen molar-refractivity contribution in [2.45, 2.75) is 39.4 Å². The van der Waals surface area contributed by atoms with Crippen LogP contribution in [-0.2, 0) is 13.5 Å². The molecule has 0 bridgehead atoms. The quantitative estimate of drug-likeness (QED) is 0.693. The maximum absolute atomic E-state index is 5.81. The number of halogens is 2. The molecule has 0 unspecified atom stereocenters. The zero-order chi connectivity index (χ0) is 9.78. The van der Waals surface area contributed by atoms with Gasteiger partial charge in [-0.1, -0.05) is 0 Å². The van der Waals surface area contributed by atoms with E-state index in [4.69, 9.17) is 19.4 Å². The molecule has 0 aliphatic carbocycles. The van der Waals surface area contributed by atoms with Crippen LogP contribution >= 0.6 is 19.4 Å². The molecule has 12 heavy (non-hydrogen) atoms. The normalized spacial score (nSPS) is 12.3. The summed E-state index contributed by atoms with van der Waals surface area (Å²) in [5.41, 5.74) is 0. The van der Waals surface area contributed by atoms with Crippen LogP contribution < -0.4 is 0 Å². The molecule has 0 saturated heterocycles. The van der Waals surface area contributed by atoms with Gasteiger partial charge in [-0.25, -0.2) is 0 Å². The summed E-state index contributed by atoms with van der Waals surface area (Å²) < 4.78 is 3.27. The monoisotopic (exact) mass is 312 g/mol. The van der Waals surface area contributed by atoms with E-state index in [1.165, 1.54) is 11.6 Å². The van der Waals surface area contributed by atoms with Crippen LogP contribution in [0.2, 0.25) is 19.6 Å². The Kier molecular flexibility index (Phi) is 6.24. The third kappa shape index (κ3) is 5.67. The van der Waals surface area contributed by atoms with Crippen molar-refractivity contribution in [3.63, 3.8) is 0 Å². The van der Waals surface area contributed by atoms with Crippen molar-refractivity contribution in [1.29, 1.82) is 0 Å². The van der Waals surface area contributed by atoms with E-state index in [1.54, 1.807) is 0 Å². The summed E-state index contributed by atoms with van der Waals surface area (Å²) in [6.45, 7) is 9.13. The van der Waals surface area contributed by atoms with E-state index in [2.05, 4.69) is 30.8 Å². The average molecular weight is 312 g/mol. The van der Waals surface area contributed by atoms with E-state index in [9.17, 15) is 0 Å². The third-order valence-electron chi connectivity index (χ3n) is 1.58. The number of allylic oxidation sites excluding steroid dienone is 1. The fourth-order valence-electron chi connectivity index (χ4n) is 0.882. The molecule has 0 N–H and O–H groups in total. The summed E-state index contributed by atoms with van der Waals surface area (Å²) in [5, 5.41) is 1.42. The van der Waals surface area contributed by atoms with E-state index in [0.29, 0.717) is 0 Å². The molecule has 0 aliphatic heterocycles. The predicted octanol–water partition coefficient (Wildman–Crippen LogP) is 3.92. The Balaban J connectivity index is 4.81. The Bertz CT molecular complexity index is 208.